The van der Waals surface area contributed by atoms with E-state index in [1.54, 1.807) is 6.92 Å². The topological polar surface area (TPSA) is 63.8 Å². The number of hydrazone groups is 1. The van der Waals surface area contributed by atoms with Gasteiger partial charge in [-0.15, -0.1) is 0 Å². The predicted octanol–water partition coefficient (Wildman–Crippen LogP) is 3.94. The molecule has 0 aliphatic heterocycles. The van der Waals surface area contributed by atoms with Crippen LogP contribution in [0.1, 0.15) is 49.3 Å². The first-order chi connectivity index (χ1) is 11.4. The van der Waals surface area contributed by atoms with Crippen molar-refractivity contribution in [3.05, 3.63) is 53.0 Å². The van der Waals surface area contributed by atoms with Crippen LogP contribution < -0.4 is 10.2 Å². The Balaban J connectivity index is 1.95. The van der Waals surface area contributed by atoms with Crippen LogP contribution in [0.2, 0.25) is 0 Å². The van der Waals surface area contributed by atoms with Crippen LogP contribution >= 0.6 is 0 Å². The predicted molar refractivity (Wildman–Crippen MR) is 94.6 cm³/mol. The second kappa shape index (κ2) is 7.81. The van der Waals surface area contributed by atoms with Gasteiger partial charge in [0.1, 0.15) is 23.0 Å². The summed E-state index contributed by atoms with van der Waals surface area (Å²) >= 11 is 0. The maximum atomic E-state index is 11.9. The van der Waals surface area contributed by atoms with Crippen LogP contribution in [-0.4, -0.2) is 18.2 Å². The summed E-state index contributed by atoms with van der Waals surface area (Å²) in [4.78, 5) is 11.9. The molecule has 2 rings (SSSR count). The molecule has 0 saturated carbocycles. The molecule has 1 heterocycles. The van der Waals surface area contributed by atoms with Gasteiger partial charge in [0, 0.05) is 0 Å². The largest absolute Gasteiger partial charge is 0.483 e. The summed E-state index contributed by atoms with van der Waals surface area (Å²) in [7, 11) is 0. The van der Waals surface area contributed by atoms with Crippen molar-refractivity contribution >= 4 is 11.6 Å². The first kappa shape index (κ1) is 17.8. The van der Waals surface area contributed by atoms with Crippen molar-refractivity contribution in [1.82, 2.24) is 5.43 Å². The van der Waals surface area contributed by atoms with Gasteiger partial charge in [0.05, 0.1) is 0 Å². The average molecular weight is 328 g/mol. The Morgan fingerprint density at radius 1 is 1.25 bits per heavy atom. The summed E-state index contributed by atoms with van der Waals surface area (Å²) < 4.78 is 11.1. The summed E-state index contributed by atoms with van der Waals surface area (Å²) in [5, 5.41) is 4.04. The fraction of sp³-hybridized carbons (Fsp3) is 0.368. The van der Waals surface area contributed by atoms with Gasteiger partial charge in [0.2, 0.25) is 0 Å². The third-order valence-electron chi connectivity index (χ3n) is 3.60. The van der Waals surface area contributed by atoms with Gasteiger partial charge in [0.25, 0.3) is 5.91 Å². The smallest absolute Gasteiger partial charge is 0.277 e. The number of hydrogen-bond donors (Lipinski definition) is 1. The zero-order valence-electron chi connectivity index (χ0n) is 14.8. The van der Waals surface area contributed by atoms with E-state index in [4.69, 9.17) is 9.15 Å². The number of carbonyl (C=O) groups excluding carboxylic acids is 1. The van der Waals surface area contributed by atoms with Crippen molar-refractivity contribution in [3.63, 3.8) is 0 Å². The molecule has 5 heteroatoms. The van der Waals surface area contributed by atoms with E-state index < -0.39 is 0 Å². The van der Waals surface area contributed by atoms with Crippen LogP contribution in [0.5, 0.6) is 5.75 Å². The van der Waals surface area contributed by atoms with Crippen LogP contribution in [0.25, 0.3) is 0 Å². The van der Waals surface area contributed by atoms with Crippen LogP contribution in [0.3, 0.4) is 0 Å². The number of nitrogens with zero attached hydrogens (tertiary/aromatic N) is 1. The highest BCUT2D eigenvalue weighted by atomic mass is 16.5. The Bertz CT molecular complexity index is 745. The zero-order valence-corrected chi connectivity index (χ0v) is 14.8. The molecule has 128 valence electrons. The van der Waals surface area contributed by atoms with Gasteiger partial charge in [-0.05, 0) is 56.0 Å². The first-order valence-corrected chi connectivity index (χ1v) is 8.00. The molecule has 5 nitrogen and oxygen atoms in total. The van der Waals surface area contributed by atoms with Crippen molar-refractivity contribution in [2.45, 2.75) is 40.5 Å². The molecule has 0 radical (unpaired) electrons. The molecule has 1 N–H and O–H groups in total. The molecular weight excluding hydrogens is 304 g/mol. The number of hydrogen-bond acceptors (Lipinski definition) is 4. The Morgan fingerprint density at radius 3 is 2.62 bits per heavy atom. The van der Waals surface area contributed by atoms with Crippen LogP contribution in [0.15, 0.2) is 39.9 Å². The number of carbonyl (C=O) groups is 1. The monoisotopic (exact) mass is 328 g/mol. The lowest BCUT2D eigenvalue weighted by Crippen LogP contribution is -2.25. The van der Waals surface area contributed by atoms with Gasteiger partial charge in [-0.25, -0.2) is 5.43 Å². The van der Waals surface area contributed by atoms with Crippen molar-refractivity contribution in [2.24, 2.45) is 5.10 Å². The van der Waals surface area contributed by atoms with Gasteiger partial charge in [-0.2, -0.15) is 5.10 Å². The van der Waals surface area contributed by atoms with E-state index in [1.165, 1.54) is 0 Å². The van der Waals surface area contributed by atoms with E-state index in [0.29, 0.717) is 17.4 Å². The summed E-state index contributed by atoms with van der Waals surface area (Å²) in [5.41, 5.74) is 5.27. The lowest BCUT2D eigenvalue weighted by Gasteiger charge is -2.14. The van der Waals surface area contributed by atoms with E-state index in [1.807, 2.05) is 44.2 Å². The van der Waals surface area contributed by atoms with Gasteiger partial charge in [0.15, 0.2) is 6.61 Å². The molecule has 24 heavy (non-hydrogen) atoms. The van der Waals surface area contributed by atoms with Crippen molar-refractivity contribution in [2.75, 3.05) is 6.61 Å². The maximum absolute atomic E-state index is 11.9. The Labute approximate surface area is 142 Å². The molecule has 0 atom stereocenters. The molecule has 0 aliphatic carbocycles. The van der Waals surface area contributed by atoms with E-state index in [-0.39, 0.29) is 12.5 Å². The Kier molecular flexibility index (Phi) is 5.79. The molecule has 0 bridgehead atoms. The van der Waals surface area contributed by atoms with E-state index in [2.05, 4.69) is 24.4 Å². The molecule has 1 aromatic heterocycles. The highest BCUT2D eigenvalue weighted by Gasteiger charge is 2.10. The molecular formula is C19H24N2O3. The van der Waals surface area contributed by atoms with Gasteiger partial charge >= 0.3 is 0 Å². The number of aryl methyl sites for hydroxylation is 2. The van der Waals surface area contributed by atoms with Crippen LogP contribution in [0, 0.1) is 13.8 Å². The lowest BCUT2D eigenvalue weighted by atomic mass is 10.0. The van der Waals surface area contributed by atoms with E-state index >= 15 is 0 Å². The van der Waals surface area contributed by atoms with Gasteiger partial charge in [-0.1, -0.05) is 26.0 Å². The molecule has 0 aliphatic rings. The summed E-state index contributed by atoms with van der Waals surface area (Å²) in [6, 6.07) is 9.70. The molecule has 0 spiro atoms. The van der Waals surface area contributed by atoms with Crippen LogP contribution in [0.4, 0.5) is 0 Å². The second-order valence-corrected chi connectivity index (χ2v) is 6.13. The third-order valence-corrected chi connectivity index (χ3v) is 3.60. The molecule has 0 saturated heterocycles. The minimum Gasteiger partial charge on any atom is -0.483 e. The third kappa shape index (κ3) is 4.72. The average Bonchev–Trinajstić information content (AvgIpc) is 2.97. The number of ether oxygens (including phenoxy) is 1. The fourth-order valence-electron chi connectivity index (χ4n) is 2.25. The van der Waals surface area contributed by atoms with Gasteiger partial charge in [-0.3, -0.25) is 4.79 Å². The number of benzene rings is 1. The Morgan fingerprint density at radius 2 is 2.00 bits per heavy atom. The highest BCUT2D eigenvalue weighted by Crippen LogP contribution is 2.27. The standard InChI is InChI=1S/C19H24N2O3/c1-12(2)16-8-6-13(3)10-18(16)23-11-19(22)21-20-15(5)17-9-7-14(4)24-17/h6-10,12H,11H2,1-5H3,(H,21,22)/b20-15+. The van der Waals surface area contributed by atoms with Crippen molar-refractivity contribution in [1.29, 1.82) is 0 Å². The SMILES string of the molecule is C/C(=N\NC(=O)COc1cc(C)ccc1C(C)C)c1ccc(C)o1. The second-order valence-electron chi connectivity index (χ2n) is 6.13. The van der Waals surface area contributed by atoms with Crippen molar-refractivity contribution in [3.8, 4) is 5.75 Å². The lowest BCUT2D eigenvalue weighted by molar-refractivity contribution is -0.123. The zero-order chi connectivity index (χ0) is 17.7. The van der Waals surface area contributed by atoms with Crippen molar-refractivity contribution < 1.29 is 13.9 Å². The number of furan rings is 1. The Hall–Kier alpha value is -2.56. The van der Waals surface area contributed by atoms with E-state index in [9.17, 15) is 4.79 Å². The minimum absolute atomic E-state index is 0.0862. The first-order valence-electron chi connectivity index (χ1n) is 8.00. The number of amides is 1. The summed E-state index contributed by atoms with van der Waals surface area (Å²) in [6.45, 7) is 9.73. The number of nitrogens with one attached hydrogen (secondary N) is 1. The molecule has 2 aromatic rings. The molecule has 0 fully saturated rings. The fourth-order valence-corrected chi connectivity index (χ4v) is 2.25. The normalized spacial score (nSPS) is 11.7. The summed E-state index contributed by atoms with van der Waals surface area (Å²) in [6.07, 6.45) is 0. The molecule has 1 amide bonds. The quantitative estimate of drug-likeness (QED) is 0.645. The summed E-state index contributed by atoms with van der Waals surface area (Å²) in [5.74, 6) is 2.19. The minimum atomic E-state index is -0.311. The molecule has 1 aromatic carbocycles. The molecule has 0 unspecified atom stereocenters. The van der Waals surface area contributed by atoms with E-state index in [0.717, 1.165) is 22.6 Å². The maximum Gasteiger partial charge on any atom is 0.277 e. The van der Waals surface area contributed by atoms with Gasteiger partial charge < -0.3 is 9.15 Å². The number of rotatable bonds is 6. The highest BCUT2D eigenvalue weighted by molar-refractivity contribution is 5.96. The van der Waals surface area contributed by atoms with Crippen LogP contribution in [-0.2, 0) is 4.79 Å².